The Hall–Kier alpha value is -2.95. The summed E-state index contributed by atoms with van der Waals surface area (Å²) in [5.74, 6) is 1.21. The SMILES string of the molecule is O=C(Cn1c(CCNC(=O)C2CC2)nc2ccccc21)c1ccccc1. The maximum Gasteiger partial charge on any atom is 0.223 e. The number of nitrogens with one attached hydrogen (secondary N) is 1. The molecule has 2 aromatic carbocycles. The molecule has 26 heavy (non-hydrogen) atoms. The number of para-hydroxylation sites is 2. The molecule has 1 saturated carbocycles. The van der Waals surface area contributed by atoms with Gasteiger partial charge in [0.1, 0.15) is 5.82 Å². The molecule has 3 aromatic rings. The van der Waals surface area contributed by atoms with E-state index in [0.29, 0.717) is 18.5 Å². The van der Waals surface area contributed by atoms with E-state index in [4.69, 9.17) is 0 Å². The van der Waals surface area contributed by atoms with Crippen molar-refractivity contribution in [2.24, 2.45) is 5.92 Å². The molecule has 5 heteroatoms. The number of Topliss-reactive ketones (excluding diaryl/α,β-unsaturated/α-hetero) is 1. The number of imidazole rings is 1. The summed E-state index contributed by atoms with van der Waals surface area (Å²) in [6.07, 6.45) is 2.60. The Morgan fingerprint density at radius 1 is 1.04 bits per heavy atom. The Morgan fingerprint density at radius 2 is 1.77 bits per heavy atom. The van der Waals surface area contributed by atoms with Crippen molar-refractivity contribution < 1.29 is 9.59 Å². The summed E-state index contributed by atoms with van der Waals surface area (Å²) in [5, 5.41) is 2.97. The summed E-state index contributed by atoms with van der Waals surface area (Å²) >= 11 is 0. The number of benzene rings is 2. The van der Waals surface area contributed by atoms with Gasteiger partial charge >= 0.3 is 0 Å². The van der Waals surface area contributed by atoms with Gasteiger partial charge in [-0.25, -0.2) is 4.98 Å². The van der Waals surface area contributed by atoms with E-state index >= 15 is 0 Å². The topological polar surface area (TPSA) is 64.0 Å². The minimum atomic E-state index is 0.0528. The van der Waals surface area contributed by atoms with Gasteiger partial charge in [-0.3, -0.25) is 9.59 Å². The maximum atomic E-state index is 12.7. The average molecular weight is 347 g/mol. The number of carbonyl (C=O) groups is 2. The molecule has 0 radical (unpaired) electrons. The quantitative estimate of drug-likeness (QED) is 0.668. The van der Waals surface area contributed by atoms with E-state index in [1.165, 1.54) is 0 Å². The third-order valence-corrected chi connectivity index (χ3v) is 4.73. The molecule has 1 aliphatic carbocycles. The van der Waals surface area contributed by atoms with Crippen LogP contribution in [-0.4, -0.2) is 27.8 Å². The van der Waals surface area contributed by atoms with Gasteiger partial charge < -0.3 is 9.88 Å². The van der Waals surface area contributed by atoms with Gasteiger partial charge in [-0.2, -0.15) is 0 Å². The Balaban J connectivity index is 1.55. The molecular weight excluding hydrogens is 326 g/mol. The van der Waals surface area contributed by atoms with Crippen molar-refractivity contribution in [2.45, 2.75) is 25.8 Å². The van der Waals surface area contributed by atoms with Crippen molar-refractivity contribution in [3.63, 3.8) is 0 Å². The molecule has 0 spiro atoms. The molecule has 0 atom stereocenters. The number of amides is 1. The predicted molar refractivity (Wildman–Crippen MR) is 99.9 cm³/mol. The third-order valence-electron chi connectivity index (χ3n) is 4.73. The number of aromatic nitrogens is 2. The van der Waals surface area contributed by atoms with E-state index in [-0.39, 0.29) is 24.2 Å². The number of rotatable bonds is 7. The third kappa shape index (κ3) is 3.52. The molecule has 0 saturated heterocycles. The Kier molecular flexibility index (Phi) is 4.52. The number of nitrogens with zero attached hydrogens (tertiary/aromatic N) is 2. The number of ketones is 1. The van der Waals surface area contributed by atoms with Gasteiger partial charge in [0.25, 0.3) is 0 Å². The average Bonchev–Trinajstić information content (AvgIpc) is 3.47. The number of fused-ring (bicyclic) bond motifs is 1. The highest BCUT2D eigenvalue weighted by atomic mass is 16.2. The zero-order chi connectivity index (χ0) is 17.9. The molecule has 0 aliphatic heterocycles. The van der Waals surface area contributed by atoms with Crippen LogP contribution < -0.4 is 5.32 Å². The number of hydrogen-bond acceptors (Lipinski definition) is 3. The molecule has 1 aliphatic rings. The fourth-order valence-electron chi connectivity index (χ4n) is 3.14. The number of carbonyl (C=O) groups excluding carboxylic acids is 2. The van der Waals surface area contributed by atoms with E-state index in [1.807, 2.05) is 59.2 Å². The lowest BCUT2D eigenvalue weighted by Gasteiger charge is -2.09. The van der Waals surface area contributed by atoms with Crippen LogP contribution in [0.4, 0.5) is 0 Å². The number of hydrogen-bond donors (Lipinski definition) is 1. The van der Waals surface area contributed by atoms with Crippen LogP contribution >= 0.6 is 0 Å². The van der Waals surface area contributed by atoms with Gasteiger partial charge in [0.2, 0.25) is 5.91 Å². The Bertz CT molecular complexity index is 942. The van der Waals surface area contributed by atoms with Gasteiger partial charge in [-0.1, -0.05) is 42.5 Å². The van der Waals surface area contributed by atoms with E-state index in [0.717, 1.165) is 29.7 Å². The lowest BCUT2D eigenvalue weighted by atomic mass is 10.1. The van der Waals surface area contributed by atoms with Gasteiger partial charge in [0, 0.05) is 24.4 Å². The zero-order valence-electron chi connectivity index (χ0n) is 14.5. The summed E-state index contributed by atoms with van der Waals surface area (Å²) in [5.41, 5.74) is 2.51. The predicted octanol–water partition coefficient (Wildman–Crippen LogP) is 2.99. The lowest BCUT2D eigenvalue weighted by Crippen LogP contribution is -2.28. The van der Waals surface area contributed by atoms with Gasteiger partial charge in [-0.15, -0.1) is 0 Å². The van der Waals surface area contributed by atoms with Crippen LogP contribution in [0, 0.1) is 5.92 Å². The molecule has 132 valence electrons. The molecule has 1 heterocycles. The summed E-state index contributed by atoms with van der Waals surface area (Å²) in [4.78, 5) is 29.2. The molecule has 1 aromatic heterocycles. The molecule has 0 unspecified atom stereocenters. The Morgan fingerprint density at radius 3 is 2.54 bits per heavy atom. The van der Waals surface area contributed by atoms with E-state index in [9.17, 15) is 9.59 Å². The first-order valence-electron chi connectivity index (χ1n) is 9.02. The normalized spacial score (nSPS) is 13.7. The minimum Gasteiger partial charge on any atom is -0.355 e. The van der Waals surface area contributed by atoms with Crippen LogP contribution in [0.3, 0.4) is 0 Å². The van der Waals surface area contributed by atoms with Gasteiger partial charge in [0.05, 0.1) is 17.6 Å². The molecule has 5 nitrogen and oxygen atoms in total. The minimum absolute atomic E-state index is 0.0528. The van der Waals surface area contributed by atoms with Crippen molar-refractivity contribution in [2.75, 3.05) is 6.54 Å². The van der Waals surface area contributed by atoms with Gasteiger partial charge in [0.15, 0.2) is 5.78 Å². The van der Waals surface area contributed by atoms with Crippen molar-refractivity contribution in [3.05, 3.63) is 66.0 Å². The standard InChI is InChI=1S/C21H21N3O2/c25-19(15-6-2-1-3-7-15)14-24-18-9-5-4-8-17(18)23-20(24)12-13-22-21(26)16-10-11-16/h1-9,16H,10-14H2,(H,22,26). The Labute approximate surface area is 152 Å². The van der Waals surface area contributed by atoms with Crippen LogP contribution in [0.25, 0.3) is 11.0 Å². The van der Waals surface area contributed by atoms with Crippen LogP contribution in [0.5, 0.6) is 0 Å². The van der Waals surface area contributed by atoms with Crippen LogP contribution in [0.1, 0.15) is 29.0 Å². The first kappa shape index (κ1) is 16.5. The first-order valence-corrected chi connectivity index (χ1v) is 9.02. The lowest BCUT2D eigenvalue weighted by molar-refractivity contribution is -0.122. The molecule has 1 N–H and O–H groups in total. The van der Waals surface area contributed by atoms with Gasteiger partial charge in [-0.05, 0) is 25.0 Å². The van der Waals surface area contributed by atoms with Crippen molar-refractivity contribution >= 4 is 22.7 Å². The highest BCUT2D eigenvalue weighted by Crippen LogP contribution is 2.28. The second kappa shape index (κ2) is 7.12. The van der Waals surface area contributed by atoms with Crippen LogP contribution in [-0.2, 0) is 17.8 Å². The fourth-order valence-corrected chi connectivity index (χ4v) is 3.14. The highest BCUT2D eigenvalue weighted by molar-refractivity contribution is 5.96. The molecule has 1 amide bonds. The fraction of sp³-hybridized carbons (Fsp3) is 0.286. The van der Waals surface area contributed by atoms with E-state index in [2.05, 4.69) is 10.3 Å². The molecule has 0 bridgehead atoms. The van der Waals surface area contributed by atoms with Crippen molar-refractivity contribution in [1.29, 1.82) is 0 Å². The van der Waals surface area contributed by atoms with Crippen LogP contribution in [0.2, 0.25) is 0 Å². The summed E-state index contributed by atoms with van der Waals surface area (Å²) < 4.78 is 1.97. The van der Waals surface area contributed by atoms with E-state index in [1.54, 1.807) is 0 Å². The highest BCUT2D eigenvalue weighted by Gasteiger charge is 2.29. The summed E-state index contributed by atoms with van der Waals surface area (Å²) in [6, 6.07) is 17.1. The second-order valence-electron chi connectivity index (χ2n) is 6.71. The molecule has 4 rings (SSSR count). The first-order chi connectivity index (χ1) is 12.7. The smallest absolute Gasteiger partial charge is 0.223 e. The van der Waals surface area contributed by atoms with Crippen molar-refractivity contribution in [3.8, 4) is 0 Å². The van der Waals surface area contributed by atoms with Crippen molar-refractivity contribution in [1.82, 2.24) is 14.9 Å². The maximum absolute atomic E-state index is 12.7. The van der Waals surface area contributed by atoms with E-state index < -0.39 is 0 Å². The second-order valence-corrected chi connectivity index (χ2v) is 6.71. The summed E-state index contributed by atoms with van der Waals surface area (Å²) in [7, 11) is 0. The van der Waals surface area contributed by atoms with Crippen LogP contribution in [0.15, 0.2) is 54.6 Å². The monoisotopic (exact) mass is 347 g/mol. The largest absolute Gasteiger partial charge is 0.355 e. The molecule has 1 fully saturated rings. The molecular formula is C21H21N3O2. The zero-order valence-corrected chi connectivity index (χ0v) is 14.5. The summed E-state index contributed by atoms with van der Waals surface area (Å²) in [6.45, 7) is 0.786.